The van der Waals surface area contributed by atoms with Crippen LogP contribution in [0.5, 0.6) is 0 Å². The van der Waals surface area contributed by atoms with Crippen LogP contribution in [0.25, 0.3) is 5.69 Å². The predicted molar refractivity (Wildman–Crippen MR) is 91.4 cm³/mol. The van der Waals surface area contributed by atoms with E-state index >= 15 is 0 Å². The second-order valence-electron chi connectivity index (χ2n) is 5.43. The molecule has 0 atom stereocenters. The van der Waals surface area contributed by atoms with E-state index < -0.39 is 0 Å². The summed E-state index contributed by atoms with van der Waals surface area (Å²) in [6.07, 6.45) is 1.44. The fourth-order valence-electron chi connectivity index (χ4n) is 2.45. The van der Waals surface area contributed by atoms with Gasteiger partial charge in [0.05, 0.1) is 5.69 Å². The molecule has 6 nitrogen and oxygen atoms in total. The third-order valence-electron chi connectivity index (χ3n) is 3.72. The third-order valence-corrected chi connectivity index (χ3v) is 3.72. The highest BCUT2D eigenvalue weighted by atomic mass is 16.2. The number of ketones is 1. The first kappa shape index (κ1) is 15.9. The van der Waals surface area contributed by atoms with Crippen LogP contribution in [0.3, 0.4) is 0 Å². The molecule has 3 aromatic rings. The maximum Gasteiger partial charge on any atom is 0.350 e. The Balaban J connectivity index is 1.81. The van der Waals surface area contributed by atoms with Gasteiger partial charge in [0.1, 0.15) is 12.9 Å². The van der Waals surface area contributed by atoms with Crippen LogP contribution in [-0.4, -0.2) is 27.2 Å². The highest BCUT2D eigenvalue weighted by molar-refractivity contribution is 5.95. The SMILES string of the molecule is CNCc1ccc(-n2cnn(CC(=O)c3ccccc3)c2=O)cc1. The Hall–Kier alpha value is -2.99. The zero-order valence-corrected chi connectivity index (χ0v) is 13.3. The van der Waals surface area contributed by atoms with Gasteiger partial charge in [-0.3, -0.25) is 4.79 Å². The molecule has 0 radical (unpaired) electrons. The Bertz CT molecular complexity index is 879. The molecule has 6 heteroatoms. The fraction of sp³-hybridized carbons (Fsp3) is 0.167. The van der Waals surface area contributed by atoms with Crippen LogP contribution in [-0.2, 0) is 13.1 Å². The van der Waals surface area contributed by atoms with Crippen LogP contribution >= 0.6 is 0 Å². The lowest BCUT2D eigenvalue weighted by atomic mass is 10.1. The number of hydrogen-bond acceptors (Lipinski definition) is 4. The van der Waals surface area contributed by atoms with Crippen molar-refractivity contribution in [3.05, 3.63) is 82.5 Å². The zero-order valence-electron chi connectivity index (χ0n) is 13.3. The van der Waals surface area contributed by atoms with Crippen molar-refractivity contribution in [3.8, 4) is 5.69 Å². The predicted octanol–water partition coefficient (Wildman–Crippen LogP) is 1.64. The number of Topliss-reactive ketones (excluding diaryl/α,β-unsaturated/α-hetero) is 1. The summed E-state index contributed by atoms with van der Waals surface area (Å²) in [5, 5.41) is 7.12. The molecular formula is C18H18N4O2. The van der Waals surface area contributed by atoms with Gasteiger partial charge in [0, 0.05) is 12.1 Å². The summed E-state index contributed by atoms with van der Waals surface area (Å²) >= 11 is 0. The topological polar surface area (TPSA) is 68.9 Å². The Morgan fingerprint density at radius 2 is 1.79 bits per heavy atom. The van der Waals surface area contributed by atoms with Crippen LogP contribution in [0.15, 0.2) is 65.7 Å². The maximum absolute atomic E-state index is 12.4. The van der Waals surface area contributed by atoms with Crippen molar-refractivity contribution >= 4 is 5.78 Å². The van der Waals surface area contributed by atoms with E-state index in [4.69, 9.17) is 0 Å². The van der Waals surface area contributed by atoms with Crippen molar-refractivity contribution in [2.75, 3.05) is 7.05 Å². The standard InChI is InChI=1S/C18H18N4O2/c1-19-11-14-7-9-16(10-8-14)21-13-20-22(18(21)24)12-17(23)15-5-3-2-4-6-15/h2-10,13,19H,11-12H2,1H3. The number of benzene rings is 2. The van der Waals surface area contributed by atoms with Crippen molar-refractivity contribution in [1.29, 1.82) is 0 Å². The summed E-state index contributed by atoms with van der Waals surface area (Å²) in [6.45, 7) is 0.688. The Morgan fingerprint density at radius 3 is 2.46 bits per heavy atom. The van der Waals surface area contributed by atoms with E-state index in [1.807, 2.05) is 37.4 Å². The van der Waals surface area contributed by atoms with Gasteiger partial charge < -0.3 is 5.32 Å². The van der Waals surface area contributed by atoms with E-state index in [1.54, 1.807) is 24.3 Å². The summed E-state index contributed by atoms with van der Waals surface area (Å²) in [7, 11) is 1.88. The maximum atomic E-state index is 12.4. The van der Waals surface area contributed by atoms with E-state index in [1.165, 1.54) is 15.6 Å². The number of aromatic nitrogens is 3. The van der Waals surface area contributed by atoms with E-state index in [2.05, 4.69) is 10.4 Å². The number of nitrogens with zero attached hydrogens (tertiary/aromatic N) is 3. The normalized spacial score (nSPS) is 10.7. The van der Waals surface area contributed by atoms with Gasteiger partial charge in [-0.1, -0.05) is 42.5 Å². The molecule has 2 aromatic carbocycles. The van der Waals surface area contributed by atoms with Crippen molar-refractivity contribution in [2.45, 2.75) is 13.1 Å². The van der Waals surface area contributed by atoms with Crippen molar-refractivity contribution < 1.29 is 4.79 Å². The van der Waals surface area contributed by atoms with Crippen LogP contribution < -0.4 is 11.0 Å². The van der Waals surface area contributed by atoms with Crippen molar-refractivity contribution in [3.63, 3.8) is 0 Å². The molecule has 1 N–H and O–H groups in total. The minimum atomic E-state index is -0.333. The lowest BCUT2D eigenvalue weighted by Crippen LogP contribution is -2.27. The van der Waals surface area contributed by atoms with Gasteiger partial charge in [-0.25, -0.2) is 14.0 Å². The monoisotopic (exact) mass is 322 g/mol. The molecule has 0 spiro atoms. The molecule has 24 heavy (non-hydrogen) atoms. The van der Waals surface area contributed by atoms with Crippen molar-refractivity contribution in [1.82, 2.24) is 19.7 Å². The summed E-state index contributed by atoms with van der Waals surface area (Å²) < 4.78 is 2.61. The Labute approximate surface area is 139 Å². The van der Waals surface area contributed by atoms with Crippen LogP contribution in [0.4, 0.5) is 0 Å². The molecule has 0 aliphatic heterocycles. The lowest BCUT2D eigenvalue weighted by molar-refractivity contribution is 0.0966. The number of hydrogen-bond donors (Lipinski definition) is 1. The van der Waals surface area contributed by atoms with Gasteiger partial charge in [0.25, 0.3) is 0 Å². The third kappa shape index (κ3) is 3.33. The molecule has 1 aromatic heterocycles. The fourth-order valence-corrected chi connectivity index (χ4v) is 2.45. The van der Waals surface area contributed by atoms with Gasteiger partial charge in [-0.15, -0.1) is 0 Å². The number of nitrogens with one attached hydrogen (secondary N) is 1. The zero-order chi connectivity index (χ0) is 16.9. The molecule has 0 fully saturated rings. The first-order valence-electron chi connectivity index (χ1n) is 7.65. The number of carbonyl (C=O) groups is 1. The second-order valence-corrected chi connectivity index (χ2v) is 5.43. The minimum Gasteiger partial charge on any atom is -0.316 e. The average Bonchev–Trinajstić information content (AvgIpc) is 2.97. The summed E-state index contributed by atoms with van der Waals surface area (Å²) in [5.41, 5.74) is 2.08. The van der Waals surface area contributed by atoms with Gasteiger partial charge in [0.2, 0.25) is 0 Å². The minimum absolute atomic E-state index is 0.0757. The van der Waals surface area contributed by atoms with Gasteiger partial charge in [0.15, 0.2) is 5.78 Å². The molecule has 0 aliphatic rings. The van der Waals surface area contributed by atoms with Gasteiger partial charge in [-0.05, 0) is 24.7 Å². The quantitative estimate of drug-likeness (QED) is 0.701. The van der Waals surface area contributed by atoms with Crippen LogP contribution in [0, 0.1) is 0 Å². The molecule has 0 unspecified atom stereocenters. The highest BCUT2D eigenvalue weighted by Crippen LogP contribution is 2.07. The molecule has 0 saturated heterocycles. The van der Waals surface area contributed by atoms with E-state index in [0.717, 1.165) is 17.8 Å². The summed E-state index contributed by atoms with van der Waals surface area (Å²) in [5.74, 6) is -0.146. The van der Waals surface area contributed by atoms with E-state index in [9.17, 15) is 9.59 Å². The highest BCUT2D eigenvalue weighted by Gasteiger charge is 2.12. The largest absolute Gasteiger partial charge is 0.350 e. The Morgan fingerprint density at radius 1 is 1.08 bits per heavy atom. The molecule has 3 rings (SSSR count). The first-order valence-corrected chi connectivity index (χ1v) is 7.65. The molecule has 0 bridgehead atoms. The molecule has 0 aliphatic carbocycles. The molecule has 1 heterocycles. The first-order chi connectivity index (χ1) is 11.7. The van der Waals surface area contributed by atoms with Gasteiger partial charge >= 0.3 is 5.69 Å². The smallest absolute Gasteiger partial charge is 0.316 e. The van der Waals surface area contributed by atoms with Crippen LogP contribution in [0.2, 0.25) is 0 Å². The second kappa shape index (κ2) is 7.06. The number of carbonyl (C=O) groups excluding carboxylic acids is 1. The van der Waals surface area contributed by atoms with E-state index in [-0.39, 0.29) is 18.0 Å². The summed E-state index contributed by atoms with van der Waals surface area (Å²) in [6, 6.07) is 16.5. The Kier molecular flexibility index (Phi) is 4.67. The molecule has 0 saturated carbocycles. The average molecular weight is 322 g/mol. The summed E-state index contributed by atoms with van der Waals surface area (Å²) in [4.78, 5) is 24.7. The van der Waals surface area contributed by atoms with Gasteiger partial charge in [-0.2, -0.15) is 5.10 Å². The lowest BCUT2D eigenvalue weighted by Gasteiger charge is -2.03. The number of rotatable bonds is 6. The van der Waals surface area contributed by atoms with Crippen molar-refractivity contribution in [2.24, 2.45) is 0 Å². The molecule has 0 amide bonds. The molecular weight excluding hydrogens is 304 g/mol. The van der Waals surface area contributed by atoms with E-state index in [0.29, 0.717) is 5.56 Å². The molecule has 122 valence electrons. The van der Waals surface area contributed by atoms with Crippen LogP contribution in [0.1, 0.15) is 15.9 Å².